The van der Waals surface area contributed by atoms with E-state index in [2.05, 4.69) is 5.16 Å². The summed E-state index contributed by atoms with van der Waals surface area (Å²) in [5.41, 5.74) is 3.24. The molecule has 0 fully saturated rings. The number of thioether (sulfide) groups is 1. The molecule has 0 N–H and O–H groups in total. The number of oxime groups is 1. The lowest BCUT2D eigenvalue weighted by Crippen LogP contribution is -2.30. The quantitative estimate of drug-likeness (QED) is 0.252. The Hall–Kier alpha value is -1.87. The summed E-state index contributed by atoms with van der Waals surface area (Å²) < 4.78 is 7.68. The van der Waals surface area contributed by atoms with E-state index >= 15 is 0 Å². The SMILES string of the molecule is CS/C(C)=N\OC(=O)N(C)SN(C)C(=O)Oc1cc(C)c(C)c(C)c1. The second kappa shape index (κ2) is 9.57. The number of ether oxygens (including phenoxy) is 1. The van der Waals surface area contributed by atoms with Crippen LogP contribution in [0.4, 0.5) is 9.59 Å². The van der Waals surface area contributed by atoms with Crippen molar-refractivity contribution in [3.8, 4) is 5.75 Å². The van der Waals surface area contributed by atoms with Gasteiger partial charge in [-0.1, -0.05) is 5.16 Å². The van der Waals surface area contributed by atoms with Crippen molar-refractivity contribution in [2.24, 2.45) is 5.16 Å². The maximum absolute atomic E-state index is 12.2. The van der Waals surface area contributed by atoms with Gasteiger partial charge in [-0.05, 0) is 62.8 Å². The Morgan fingerprint density at radius 1 is 1.04 bits per heavy atom. The van der Waals surface area contributed by atoms with Crippen molar-refractivity contribution in [2.45, 2.75) is 27.7 Å². The Balaban J connectivity index is 2.63. The van der Waals surface area contributed by atoms with E-state index in [0.29, 0.717) is 10.8 Å². The van der Waals surface area contributed by atoms with Gasteiger partial charge in [-0.3, -0.25) is 4.84 Å². The number of nitrogens with zero attached hydrogens (tertiary/aromatic N) is 3. The molecular formula is C16H23N3O4S2. The van der Waals surface area contributed by atoms with Crippen LogP contribution in [0.3, 0.4) is 0 Å². The normalized spacial score (nSPS) is 11.1. The first-order chi connectivity index (χ1) is 11.6. The van der Waals surface area contributed by atoms with Crippen molar-refractivity contribution in [1.82, 2.24) is 8.61 Å². The highest BCUT2D eigenvalue weighted by Gasteiger charge is 2.20. The standard InChI is InChI=1S/C16H23N3O4S2/c1-10-8-14(9-11(2)12(10)3)22-15(20)18(5)25-19(6)16(21)23-17-13(4)24-7/h8-9H,1-7H3/b17-13-. The van der Waals surface area contributed by atoms with E-state index in [-0.39, 0.29) is 0 Å². The number of rotatable bonds is 4. The summed E-state index contributed by atoms with van der Waals surface area (Å²) in [5.74, 6) is 0.462. The Kier molecular flexibility index (Phi) is 8.11. The molecule has 0 aliphatic carbocycles. The van der Waals surface area contributed by atoms with Gasteiger partial charge in [0.15, 0.2) is 0 Å². The fourth-order valence-corrected chi connectivity index (χ4v) is 2.35. The van der Waals surface area contributed by atoms with Crippen LogP contribution in [0.5, 0.6) is 5.75 Å². The first-order valence-electron chi connectivity index (χ1n) is 7.40. The molecule has 138 valence electrons. The molecule has 0 saturated heterocycles. The number of amides is 2. The summed E-state index contributed by atoms with van der Waals surface area (Å²) in [6, 6.07) is 3.60. The van der Waals surface area contributed by atoms with Crippen LogP contribution in [0.1, 0.15) is 23.6 Å². The summed E-state index contributed by atoms with van der Waals surface area (Å²) in [6.07, 6.45) is 0.528. The van der Waals surface area contributed by atoms with Gasteiger partial charge < -0.3 is 4.74 Å². The minimum Gasteiger partial charge on any atom is -0.410 e. The molecule has 25 heavy (non-hydrogen) atoms. The fourth-order valence-electron chi connectivity index (χ4n) is 1.67. The molecule has 0 saturated carbocycles. The number of carbonyl (C=O) groups is 2. The Morgan fingerprint density at radius 3 is 2.08 bits per heavy atom. The summed E-state index contributed by atoms with van der Waals surface area (Å²) in [7, 11) is 2.97. The predicted octanol–water partition coefficient (Wildman–Crippen LogP) is 4.37. The van der Waals surface area contributed by atoms with E-state index in [1.54, 1.807) is 19.1 Å². The second-order valence-electron chi connectivity index (χ2n) is 5.30. The Labute approximate surface area is 157 Å². The molecule has 0 bridgehead atoms. The van der Waals surface area contributed by atoms with Gasteiger partial charge >= 0.3 is 12.2 Å². The average molecular weight is 386 g/mol. The van der Waals surface area contributed by atoms with E-state index in [4.69, 9.17) is 9.57 Å². The third kappa shape index (κ3) is 6.50. The third-order valence-electron chi connectivity index (χ3n) is 3.41. The maximum Gasteiger partial charge on any atom is 0.447 e. The molecule has 1 rings (SSSR count). The van der Waals surface area contributed by atoms with Crippen molar-refractivity contribution < 1.29 is 19.2 Å². The molecule has 0 aliphatic rings. The highest BCUT2D eigenvalue weighted by Crippen LogP contribution is 2.23. The van der Waals surface area contributed by atoms with Crippen molar-refractivity contribution >= 4 is 41.1 Å². The van der Waals surface area contributed by atoms with Gasteiger partial charge in [-0.15, -0.1) is 11.8 Å². The lowest BCUT2D eigenvalue weighted by atomic mass is 10.0. The van der Waals surface area contributed by atoms with Crippen molar-refractivity contribution in [3.05, 3.63) is 28.8 Å². The van der Waals surface area contributed by atoms with E-state index in [1.807, 2.05) is 27.0 Å². The summed E-state index contributed by atoms with van der Waals surface area (Å²) in [4.78, 5) is 28.7. The van der Waals surface area contributed by atoms with Gasteiger partial charge in [0, 0.05) is 14.1 Å². The van der Waals surface area contributed by atoms with Crippen LogP contribution >= 0.6 is 23.9 Å². The van der Waals surface area contributed by atoms with Gasteiger partial charge in [0.1, 0.15) is 10.8 Å². The lowest BCUT2D eigenvalue weighted by Gasteiger charge is -2.20. The zero-order valence-electron chi connectivity index (χ0n) is 15.4. The molecule has 1 aromatic rings. The smallest absolute Gasteiger partial charge is 0.410 e. The van der Waals surface area contributed by atoms with Crippen LogP contribution < -0.4 is 4.74 Å². The molecule has 0 atom stereocenters. The lowest BCUT2D eigenvalue weighted by molar-refractivity contribution is 0.136. The summed E-state index contributed by atoms with van der Waals surface area (Å²) in [6.45, 7) is 7.65. The average Bonchev–Trinajstić information content (AvgIpc) is 2.56. The van der Waals surface area contributed by atoms with Gasteiger partial charge in [-0.2, -0.15) is 0 Å². The molecule has 0 aromatic heterocycles. The van der Waals surface area contributed by atoms with Crippen LogP contribution in [0.15, 0.2) is 17.3 Å². The molecule has 0 radical (unpaired) electrons. The van der Waals surface area contributed by atoms with Crippen LogP contribution in [-0.2, 0) is 4.84 Å². The monoisotopic (exact) mass is 385 g/mol. The van der Waals surface area contributed by atoms with Crippen LogP contribution in [0.2, 0.25) is 0 Å². The van der Waals surface area contributed by atoms with Gasteiger partial charge in [0.05, 0.1) is 12.1 Å². The number of hydrogen-bond donors (Lipinski definition) is 0. The highest BCUT2D eigenvalue weighted by molar-refractivity contribution is 8.13. The van der Waals surface area contributed by atoms with Crippen LogP contribution in [0, 0.1) is 20.8 Å². The molecule has 0 unspecified atom stereocenters. The molecule has 9 heteroatoms. The van der Waals surface area contributed by atoms with Gasteiger partial charge in [-0.25, -0.2) is 18.2 Å². The van der Waals surface area contributed by atoms with Crippen molar-refractivity contribution in [3.63, 3.8) is 0 Å². The first-order valence-corrected chi connectivity index (χ1v) is 9.36. The molecule has 7 nitrogen and oxygen atoms in total. The number of benzene rings is 1. The zero-order chi connectivity index (χ0) is 19.1. The minimum atomic E-state index is -0.694. The van der Waals surface area contributed by atoms with E-state index in [0.717, 1.165) is 33.1 Å². The zero-order valence-corrected chi connectivity index (χ0v) is 17.1. The molecule has 0 heterocycles. The fraction of sp³-hybridized carbons (Fsp3) is 0.438. The number of aryl methyl sites for hydroxylation is 2. The highest BCUT2D eigenvalue weighted by atomic mass is 32.2. The van der Waals surface area contributed by atoms with Gasteiger partial charge in [0.25, 0.3) is 0 Å². The molecular weight excluding hydrogens is 362 g/mol. The summed E-state index contributed by atoms with van der Waals surface area (Å²) >= 11 is 2.21. The van der Waals surface area contributed by atoms with E-state index in [1.165, 1.54) is 30.2 Å². The van der Waals surface area contributed by atoms with Crippen molar-refractivity contribution in [2.75, 3.05) is 20.4 Å². The van der Waals surface area contributed by atoms with Crippen LogP contribution in [-0.4, -0.2) is 46.2 Å². The predicted molar refractivity (Wildman–Crippen MR) is 103 cm³/mol. The molecule has 1 aromatic carbocycles. The van der Waals surface area contributed by atoms with E-state index < -0.39 is 12.2 Å². The first kappa shape index (κ1) is 21.2. The minimum absolute atomic E-state index is 0.462. The molecule has 0 spiro atoms. The second-order valence-corrected chi connectivity index (χ2v) is 7.56. The van der Waals surface area contributed by atoms with Gasteiger partial charge in [0.2, 0.25) is 0 Å². The van der Waals surface area contributed by atoms with Crippen molar-refractivity contribution in [1.29, 1.82) is 0 Å². The van der Waals surface area contributed by atoms with E-state index in [9.17, 15) is 9.59 Å². The number of hydrogen-bond acceptors (Lipinski definition) is 7. The molecule has 2 amide bonds. The third-order valence-corrected chi connectivity index (χ3v) is 4.87. The number of carbonyl (C=O) groups excluding carboxylic acids is 2. The largest absolute Gasteiger partial charge is 0.447 e. The topological polar surface area (TPSA) is 71.4 Å². The summed E-state index contributed by atoms with van der Waals surface area (Å²) in [5, 5.41) is 4.27. The maximum atomic E-state index is 12.2. The Morgan fingerprint density at radius 2 is 1.56 bits per heavy atom. The molecule has 0 aliphatic heterocycles. The Bertz CT molecular complexity index is 656. The van der Waals surface area contributed by atoms with Crippen LogP contribution in [0.25, 0.3) is 0 Å².